The quantitative estimate of drug-likeness (QED) is 0.900. The molecule has 0 aliphatic rings. The van der Waals surface area contributed by atoms with Crippen LogP contribution in [0.1, 0.15) is 23.5 Å². The Morgan fingerprint density at radius 3 is 2.78 bits per heavy atom. The van der Waals surface area contributed by atoms with Crippen LogP contribution >= 0.6 is 11.3 Å². The minimum absolute atomic E-state index is 0.253. The maximum atomic E-state index is 6.30. The predicted molar refractivity (Wildman–Crippen MR) is 71.4 cm³/mol. The van der Waals surface area contributed by atoms with Crippen molar-refractivity contribution in [1.82, 2.24) is 9.78 Å². The second-order valence-corrected chi connectivity index (χ2v) is 4.72. The van der Waals surface area contributed by atoms with Crippen LogP contribution in [0.2, 0.25) is 0 Å². The lowest BCUT2D eigenvalue weighted by Gasteiger charge is -2.13. The number of methoxy groups -OCH3 is 2. The number of hydrogen-bond donors (Lipinski definition) is 1. The zero-order valence-corrected chi connectivity index (χ0v) is 11.5. The molecular weight excluding hydrogens is 250 g/mol. The van der Waals surface area contributed by atoms with E-state index < -0.39 is 0 Å². The highest BCUT2D eigenvalue weighted by Crippen LogP contribution is 2.33. The molecule has 0 spiro atoms. The number of nitrogens with two attached hydrogens (primary N) is 1. The van der Waals surface area contributed by atoms with E-state index >= 15 is 0 Å². The third kappa shape index (κ3) is 2.21. The molecule has 0 aliphatic heterocycles. The van der Waals surface area contributed by atoms with E-state index in [-0.39, 0.29) is 6.04 Å². The zero-order chi connectivity index (χ0) is 13.1. The molecule has 6 heteroatoms. The number of nitrogens with zero attached hydrogens (tertiary/aromatic N) is 2. The first kappa shape index (κ1) is 12.9. The normalized spacial score (nSPS) is 12.4. The topological polar surface area (TPSA) is 62.3 Å². The molecule has 2 aromatic heterocycles. The number of ether oxygens (including phenoxy) is 2. The number of hydrogen-bond acceptors (Lipinski definition) is 5. The van der Waals surface area contributed by atoms with Crippen molar-refractivity contribution < 1.29 is 9.47 Å². The maximum Gasteiger partial charge on any atom is 0.161 e. The van der Waals surface area contributed by atoms with Crippen LogP contribution in [0.3, 0.4) is 0 Å². The average Bonchev–Trinajstić information content (AvgIpc) is 3.03. The van der Waals surface area contributed by atoms with Crippen molar-refractivity contribution in [1.29, 1.82) is 0 Å². The van der Waals surface area contributed by atoms with E-state index in [1.807, 2.05) is 23.1 Å². The number of thiophene rings is 1. The Hall–Kier alpha value is -1.53. The van der Waals surface area contributed by atoms with E-state index in [0.29, 0.717) is 0 Å². The summed E-state index contributed by atoms with van der Waals surface area (Å²) in [5.41, 5.74) is 7.19. The lowest BCUT2D eigenvalue weighted by atomic mass is 10.1. The van der Waals surface area contributed by atoms with Crippen LogP contribution in [0, 0.1) is 0 Å². The van der Waals surface area contributed by atoms with E-state index in [4.69, 9.17) is 15.2 Å². The molecule has 5 nitrogen and oxygen atoms in total. The van der Waals surface area contributed by atoms with Gasteiger partial charge >= 0.3 is 0 Å². The van der Waals surface area contributed by atoms with Crippen molar-refractivity contribution in [2.24, 2.45) is 5.73 Å². The van der Waals surface area contributed by atoms with Gasteiger partial charge in [0, 0.05) is 16.8 Å². The largest absolute Gasteiger partial charge is 0.496 e. The molecule has 0 fully saturated rings. The summed E-state index contributed by atoms with van der Waals surface area (Å²) < 4.78 is 12.3. The minimum Gasteiger partial charge on any atom is -0.496 e. The van der Waals surface area contributed by atoms with Gasteiger partial charge in [-0.2, -0.15) is 5.10 Å². The molecular formula is C12H17N3O2S. The monoisotopic (exact) mass is 267 g/mol. The highest BCUT2D eigenvalue weighted by molar-refractivity contribution is 7.10. The van der Waals surface area contributed by atoms with Crippen LogP contribution in [0.4, 0.5) is 0 Å². The fourth-order valence-corrected chi connectivity index (χ4v) is 2.70. The lowest BCUT2D eigenvalue weighted by molar-refractivity contribution is 0.404. The van der Waals surface area contributed by atoms with E-state index in [9.17, 15) is 0 Å². The molecule has 2 N–H and O–H groups in total. The van der Waals surface area contributed by atoms with Gasteiger partial charge in [0.05, 0.1) is 26.5 Å². The fourth-order valence-electron chi connectivity index (χ4n) is 1.84. The smallest absolute Gasteiger partial charge is 0.161 e. The standard InChI is InChI=1S/C12H17N3O2S/c1-4-15-12(9(17-3)6-14-15)11(13)10-5-8(16-2)7-18-10/h5-7,11H,4,13H2,1-3H3. The molecule has 2 heterocycles. The molecule has 0 aromatic carbocycles. The Morgan fingerprint density at radius 1 is 1.44 bits per heavy atom. The SMILES string of the molecule is CCn1ncc(OC)c1C(N)c1cc(OC)cs1. The van der Waals surface area contributed by atoms with Crippen molar-refractivity contribution in [3.63, 3.8) is 0 Å². The number of rotatable bonds is 5. The minimum atomic E-state index is -0.253. The molecule has 0 bridgehead atoms. The summed E-state index contributed by atoms with van der Waals surface area (Å²) in [4.78, 5) is 1.03. The molecule has 2 aromatic rings. The highest BCUT2D eigenvalue weighted by atomic mass is 32.1. The van der Waals surface area contributed by atoms with Crippen molar-refractivity contribution in [2.75, 3.05) is 14.2 Å². The van der Waals surface area contributed by atoms with Gasteiger partial charge in [-0.3, -0.25) is 4.68 Å². The van der Waals surface area contributed by atoms with E-state index in [1.54, 1.807) is 31.8 Å². The van der Waals surface area contributed by atoms with Gasteiger partial charge in [0.25, 0.3) is 0 Å². The molecule has 0 amide bonds. The third-order valence-corrected chi connectivity index (χ3v) is 3.79. The molecule has 2 rings (SSSR count). The van der Waals surface area contributed by atoms with Gasteiger partial charge in [-0.25, -0.2) is 0 Å². The van der Waals surface area contributed by atoms with Crippen molar-refractivity contribution in [2.45, 2.75) is 19.5 Å². The molecule has 98 valence electrons. The average molecular weight is 267 g/mol. The van der Waals surface area contributed by atoms with Gasteiger partial charge in [0.2, 0.25) is 0 Å². The summed E-state index contributed by atoms with van der Waals surface area (Å²) in [7, 11) is 3.27. The first-order chi connectivity index (χ1) is 8.71. The third-order valence-electron chi connectivity index (χ3n) is 2.80. The fraction of sp³-hybridized carbons (Fsp3) is 0.417. The molecule has 0 radical (unpaired) electrons. The van der Waals surface area contributed by atoms with E-state index in [1.165, 1.54) is 0 Å². The summed E-state index contributed by atoms with van der Waals surface area (Å²) in [6.07, 6.45) is 1.70. The van der Waals surface area contributed by atoms with E-state index in [2.05, 4.69) is 5.10 Å². The molecule has 0 saturated heterocycles. The summed E-state index contributed by atoms with van der Waals surface area (Å²) in [5.74, 6) is 1.55. The number of aromatic nitrogens is 2. The van der Waals surface area contributed by atoms with E-state index in [0.717, 1.165) is 28.6 Å². The summed E-state index contributed by atoms with van der Waals surface area (Å²) in [6, 6.07) is 1.69. The predicted octanol–water partition coefficient (Wildman–Crippen LogP) is 2.03. The zero-order valence-electron chi connectivity index (χ0n) is 10.7. The van der Waals surface area contributed by atoms with Gasteiger partial charge < -0.3 is 15.2 Å². The Balaban J connectivity index is 2.37. The summed E-state index contributed by atoms with van der Waals surface area (Å²) >= 11 is 1.57. The Bertz CT molecular complexity index is 500. The van der Waals surface area contributed by atoms with Gasteiger partial charge in [0.1, 0.15) is 11.4 Å². The van der Waals surface area contributed by atoms with Gasteiger partial charge in [-0.15, -0.1) is 11.3 Å². The summed E-state index contributed by atoms with van der Waals surface area (Å²) in [5, 5.41) is 6.20. The van der Waals surface area contributed by atoms with Gasteiger partial charge in [-0.1, -0.05) is 0 Å². The van der Waals surface area contributed by atoms with Crippen molar-refractivity contribution >= 4 is 11.3 Å². The van der Waals surface area contributed by atoms with Gasteiger partial charge in [0.15, 0.2) is 5.75 Å². The first-order valence-corrected chi connectivity index (χ1v) is 6.56. The van der Waals surface area contributed by atoms with Crippen LogP contribution < -0.4 is 15.2 Å². The van der Waals surface area contributed by atoms with Crippen LogP contribution in [0.25, 0.3) is 0 Å². The Kier molecular flexibility index (Phi) is 3.88. The Labute approximate surface area is 110 Å². The molecule has 1 unspecified atom stereocenters. The second-order valence-electron chi connectivity index (χ2n) is 3.78. The Morgan fingerprint density at radius 2 is 2.22 bits per heavy atom. The van der Waals surface area contributed by atoms with Crippen molar-refractivity contribution in [3.8, 4) is 11.5 Å². The van der Waals surface area contributed by atoms with Crippen LogP contribution in [0.15, 0.2) is 17.6 Å². The molecule has 0 saturated carbocycles. The van der Waals surface area contributed by atoms with Crippen LogP contribution in [-0.4, -0.2) is 24.0 Å². The molecule has 0 aliphatic carbocycles. The number of aryl methyl sites for hydroxylation is 1. The first-order valence-electron chi connectivity index (χ1n) is 5.69. The maximum absolute atomic E-state index is 6.30. The second kappa shape index (κ2) is 5.41. The van der Waals surface area contributed by atoms with Crippen LogP contribution in [-0.2, 0) is 6.54 Å². The summed E-state index contributed by atoms with van der Waals surface area (Å²) in [6.45, 7) is 2.78. The highest BCUT2D eigenvalue weighted by Gasteiger charge is 2.21. The van der Waals surface area contributed by atoms with Gasteiger partial charge in [-0.05, 0) is 13.0 Å². The molecule has 1 atom stereocenters. The van der Waals surface area contributed by atoms with Crippen LogP contribution in [0.5, 0.6) is 11.5 Å². The van der Waals surface area contributed by atoms with Crippen molar-refractivity contribution in [3.05, 3.63) is 28.2 Å². The lowest BCUT2D eigenvalue weighted by Crippen LogP contribution is -2.17. The molecule has 18 heavy (non-hydrogen) atoms.